The van der Waals surface area contributed by atoms with E-state index in [4.69, 9.17) is 21.3 Å². The molecule has 184 valence electrons. The Bertz CT molecular complexity index is 1120. The lowest BCUT2D eigenvalue weighted by Crippen LogP contribution is -2.13. The fourth-order valence-electron chi connectivity index (χ4n) is 3.98. The number of fused-ring (bicyclic) bond motifs is 1. The van der Waals surface area contributed by atoms with E-state index in [1.807, 2.05) is 30.3 Å². The third-order valence-electron chi connectivity index (χ3n) is 5.94. The summed E-state index contributed by atoms with van der Waals surface area (Å²) in [6, 6.07) is 9.58. The Kier molecular flexibility index (Phi) is 9.38. The molecule has 0 bridgehead atoms. The van der Waals surface area contributed by atoms with Crippen LogP contribution in [0.4, 0.5) is 0 Å². The van der Waals surface area contributed by atoms with Crippen LogP contribution in [0.2, 0.25) is 5.02 Å². The number of unbranched alkanes of at least 4 members (excludes halogenated alkanes) is 5. The van der Waals surface area contributed by atoms with Gasteiger partial charge in [0.05, 0.1) is 22.4 Å². The van der Waals surface area contributed by atoms with Gasteiger partial charge in [0.15, 0.2) is 0 Å². The number of hydrogen-bond donors (Lipinski definition) is 1. The molecule has 4 nitrogen and oxygen atoms in total. The number of rotatable bonds is 11. The topological polar surface area (TPSA) is 59.4 Å². The van der Waals surface area contributed by atoms with Crippen molar-refractivity contribution in [3.63, 3.8) is 0 Å². The Morgan fingerprint density at radius 2 is 1.82 bits per heavy atom. The molecule has 0 saturated heterocycles. The molecule has 0 unspecified atom stereocenters. The van der Waals surface area contributed by atoms with E-state index in [0.29, 0.717) is 30.0 Å². The highest BCUT2D eigenvalue weighted by molar-refractivity contribution is 7.21. The van der Waals surface area contributed by atoms with Crippen LogP contribution < -0.4 is 0 Å². The maximum Gasteiger partial charge on any atom is 0.306 e. The van der Waals surface area contributed by atoms with Crippen LogP contribution >= 0.6 is 22.9 Å². The number of carbonyl (C=O) groups is 1. The maximum absolute atomic E-state index is 12.3. The van der Waals surface area contributed by atoms with Gasteiger partial charge >= 0.3 is 5.97 Å². The smallest absolute Gasteiger partial charge is 0.306 e. The van der Waals surface area contributed by atoms with E-state index >= 15 is 0 Å². The molecule has 0 amide bonds. The van der Waals surface area contributed by atoms with Gasteiger partial charge in [-0.2, -0.15) is 0 Å². The number of phenolic OH excluding ortho intramolecular Hbond substituents is 1. The van der Waals surface area contributed by atoms with Crippen LogP contribution in [-0.4, -0.2) is 22.7 Å². The van der Waals surface area contributed by atoms with E-state index in [9.17, 15) is 9.90 Å². The van der Waals surface area contributed by atoms with Crippen molar-refractivity contribution in [2.45, 2.75) is 84.5 Å². The largest absolute Gasteiger partial charge is 0.507 e. The van der Waals surface area contributed by atoms with Gasteiger partial charge in [-0.05, 0) is 48.1 Å². The number of nitrogens with zero attached hydrogens (tertiary/aromatic N) is 1. The van der Waals surface area contributed by atoms with Gasteiger partial charge in [-0.1, -0.05) is 77.5 Å². The summed E-state index contributed by atoms with van der Waals surface area (Å²) in [7, 11) is 0. The number of ether oxygens (including phenoxy) is 1. The van der Waals surface area contributed by atoms with Crippen molar-refractivity contribution >= 4 is 39.1 Å². The van der Waals surface area contributed by atoms with Crippen molar-refractivity contribution < 1.29 is 14.6 Å². The number of aryl methyl sites for hydroxylation is 1. The molecular weight excluding hydrogens is 466 g/mol. The number of halogens is 1. The number of benzene rings is 2. The summed E-state index contributed by atoms with van der Waals surface area (Å²) in [5.74, 6) is 0.0715. The first-order valence-electron chi connectivity index (χ1n) is 12.3. The molecule has 6 heteroatoms. The first kappa shape index (κ1) is 26.5. The van der Waals surface area contributed by atoms with E-state index in [1.54, 1.807) is 0 Å². The molecule has 2 aromatic carbocycles. The zero-order valence-electron chi connectivity index (χ0n) is 20.7. The van der Waals surface area contributed by atoms with Gasteiger partial charge in [0.25, 0.3) is 0 Å². The van der Waals surface area contributed by atoms with Crippen LogP contribution in [0.15, 0.2) is 30.3 Å². The number of esters is 1. The molecule has 0 radical (unpaired) electrons. The normalized spacial score (nSPS) is 11.8. The van der Waals surface area contributed by atoms with Gasteiger partial charge in [0, 0.05) is 17.0 Å². The monoisotopic (exact) mass is 501 g/mol. The summed E-state index contributed by atoms with van der Waals surface area (Å²) < 4.78 is 6.46. The quantitative estimate of drug-likeness (QED) is 0.211. The van der Waals surface area contributed by atoms with E-state index in [-0.39, 0.29) is 17.1 Å². The Balaban J connectivity index is 1.72. The SMILES string of the molecule is CCCCCCCCOC(=O)CCc1cc(-c2nc3cc(Cl)ccc3s2)c(O)c(C(C)(C)C)c1. The van der Waals surface area contributed by atoms with Gasteiger partial charge in [-0.15, -0.1) is 11.3 Å². The number of carbonyl (C=O) groups excluding carboxylic acids is 1. The first-order chi connectivity index (χ1) is 16.2. The second kappa shape index (κ2) is 12.0. The van der Waals surface area contributed by atoms with Gasteiger partial charge in [0.2, 0.25) is 0 Å². The number of aromatic nitrogens is 1. The Hall–Kier alpha value is -2.11. The minimum Gasteiger partial charge on any atom is -0.507 e. The number of aromatic hydroxyl groups is 1. The lowest BCUT2D eigenvalue weighted by molar-refractivity contribution is -0.143. The highest BCUT2D eigenvalue weighted by atomic mass is 35.5. The Morgan fingerprint density at radius 3 is 2.56 bits per heavy atom. The van der Waals surface area contributed by atoms with Gasteiger partial charge in [-0.25, -0.2) is 4.98 Å². The van der Waals surface area contributed by atoms with Crippen molar-refractivity contribution in [1.29, 1.82) is 0 Å². The molecule has 0 fully saturated rings. The molecule has 34 heavy (non-hydrogen) atoms. The number of hydrogen-bond acceptors (Lipinski definition) is 5. The molecule has 1 aromatic heterocycles. The standard InChI is InChI=1S/C28H36ClNO3S/c1-5-6-7-8-9-10-15-33-25(31)14-11-19-16-21(26(32)22(17-19)28(2,3)4)27-30-23-18-20(29)12-13-24(23)34-27/h12-13,16-18,32H,5-11,14-15H2,1-4H3. The predicted octanol–water partition coefficient (Wildman–Crippen LogP) is 8.46. The third kappa shape index (κ3) is 7.19. The lowest BCUT2D eigenvalue weighted by atomic mass is 9.83. The summed E-state index contributed by atoms with van der Waals surface area (Å²) in [5.41, 5.74) is 3.09. The average Bonchev–Trinajstić information content (AvgIpc) is 3.19. The lowest BCUT2D eigenvalue weighted by Gasteiger charge is -2.23. The fraction of sp³-hybridized carbons (Fsp3) is 0.500. The highest BCUT2D eigenvalue weighted by Crippen LogP contribution is 2.42. The van der Waals surface area contributed by atoms with Crippen LogP contribution in [0.5, 0.6) is 5.75 Å². The molecule has 1 N–H and O–H groups in total. The maximum atomic E-state index is 12.3. The average molecular weight is 502 g/mol. The molecule has 0 spiro atoms. The van der Waals surface area contributed by atoms with Crippen molar-refractivity contribution in [2.75, 3.05) is 6.61 Å². The van der Waals surface area contributed by atoms with Crippen molar-refractivity contribution in [3.8, 4) is 16.3 Å². The molecular formula is C28H36ClNO3S. The second-order valence-electron chi connectivity index (χ2n) is 9.91. The molecule has 3 aromatic rings. The zero-order chi connectivity index (χ0) is 24.7. The van der Waals surface area contributed by atoms with Gasteiger partial charge < -0.3 is 9.84 Å². The summed E-state index contributed by atoms with van der Waals surface area (Å²) >= 11 is 7.66. The zero-order valence-corrected chi connectivity index (χ0v) is 22.3. The van der Waals surface area contributed by atoms with E-state index in [1.165, 1.54) is 37.0 Å². The van der Waals surface area contributed by atoms with Crippen LogP contribution in [0, 0.1) is 0 Å². The van der Waals surface area contributed by atoms with Crippen LogP contribution in [0.25, 0.3) is 20.8 Å². The summed E-state index contributed by atoms with van der Waals surface area (Å²) in [4.78, 5) is 17.0. The molecule has 3 rings (SSSR count). The van der Waals surface area contributed by atoms with Crippen molar-refractivity contribution in [3.05, 3.63) is 46.5 Å². The van der Waals surface area contributed by atoms with Crippen molar-refractivity contribution in [1.82, 2.24) is 4.98 Å². The van der Waals surface area contributed by atoms with Crippen LogP contribution in [0.3, 0.4) is 0 Å². The number of phenols is 1. The van der Waals surface area contributed by atoms with Gasteiger partial charge in [0.1, 0.15) is 10.8 Å². The molecule has 0 aliphatic rings. The minimum absolute atomic E-state index is 0.171. The van der Waals surface area contributed by atoms with E-state index in [0.717, 1.165) is 39.2 Å². The highest BCUT2D eigenvalue weighted by Gasteiger charge is 2.23. The molecule has 0 aliphatic carbocycles. The fourth-order valence-corrected chi connectivity index (χ4v) is 5.11. The first-order valence-corrected chi connectivity index (χ1v) is 13.5. The molecule has 0 aliphatic heterocycles. The van der Waals surface area contributed by atoms with Crippen LogP contribution in [-0.2, 0) is 21.4 Å². The Labute approximate surface area is 212 Å². The molecule has 0 saturated carbocycles. The van der Waals surface area contributed by atoms with Crippen molar-refractivity contribution in [2.24, 2.45) is 0 Å². The predicted molar refractivity (Wildman–Crippen MR) is 143 cm³/mol. The van der Waals surface area contributed by atoms with E-state index in [2.05, 4.69) is 27.7 Å². The second-order valence-corrected chi connectivity index (χ2v) is 11.4. The molecule has 1 heterocycles. The Morgan fingerprint density at radius 1 is 1.09 bits per heavy atom. The number of thiazole rings is 1. The van der Waals surface area contributed by atoms with Crippen LogP contribution in [0.1, 0.15) is 83.8 Å². The third-order valence-corrected chi connectivity index (χ3v) is 7.24. The summed E-state index contributed by atoms with van der Waals surface area (Å²) in [5, 5.41) is 12.5. The summed E-state index contributed by atoms with van der Waals surface area (Å²) in [6.45, 7) is 8.92. The minimum atomic E-state index is -0.257. The van der Waals surface area contributed by atoms with Gasteiger partial charge in [-0.3, -0.25) is 4.79 Å². The summed E-state index contributed by atoms with van der Waals surface area (Å²) in [6.07, 6.45) is 7.88. The molecule has 0 atom stereocenters. The van der Waals surface area contributed by atoms with E-state index < -0.39 is 0 Å².